The number of anilines is 1. The Hall–Kier alpha value is -2.71. The van der Waals surface area contributed by atoms with Crippen LogP contribution in [-0.2, 0) is 4.79 Å². The van der Waals surface area contributed by atoms with Crippen LogP contribution in [0, 0.1) is 22.0 Å². The van der Waals surface area contributed by atoms with Gasteiger partial charge in [-0.1, -0.05) is 6.92 Å². The summed E-state index contributed by atoms with van der Waals surface area (Å²) in [6, 6.07) is 2.89. The molecular formula is C12H12N4O5. The number of non-ortho nitro benzene ring substituents is 1. The van der Waals surface area contributed by atoms with E-state index in [1.807, 2.05) is 11.8 Å². The van der Waals surface area contributed by atoms with Gasteiger partial charge in [0.1, 0.15) is 0 Å². The highest BCUT2D eigenvalue weighted by Crippen LogP contribution is 2.35. The molecule has 9 heteroatoms. The lowest BCUT2D eigenvalue weighted by molar-refractivity contribution is -0.383. The molecule has 3 rings (SSSR count). The predicted octanol–water partition coefficient (Wildman–Crippen LogP) is 1.29. The van der Waals surface area contributed by atoms with E-state index in [4.69, 9.17) is 0 Å². The number of carboxylic acid groups (broad SMARTS) is 1. The van der Waals surface area contributed by atoms with Gasteiger partial charge in [0.05, 0.1) is 16.5 Å². The number of hydrogen-bond acceptors (Lipinski definition) is 7. The summed E-state index contributed by atoms with van der Waals surface area (Å²) in [5.41, 5.74) is 0.774. The molecule has 0 aliphatic carbocycles. The zero-order valence-electron chi connectivity index (χ0n) is 11.1. The van der Waals surface area contributed by atoms with E-state index in [2.05, 4.69) is 14.9 Å². The fraction of sp³-hybridized carbons (Fsp3) is 0.417. The van der Waals surface area contributed by atoms with Gasteiger partial charge >= 0.3 is 11.7 Å². The summed E-state index contributed by atoms with van der Waals surface area (Å²) in [5.74, 6) is -1.34. The predicted molar refractivity (Wildman–Crippen MR) is 71.0 cm³/mol. The molecule has 1 fully saturated rings. The molecule has 2 atom stereocenters. The van der Waals surface area contributed by atoms with Crippen molar-refractivity contribution in [3.8, 4) is 0 Å². The zero-order valence-corrected chi connectivity index (χ0v) is 11.1. The minimum atomic E-state index is -0.846. The number of nitro groups is 1. The van der Waals surface area contributed by atoms with Crippen LogP contribution in [0.15, 0.2) is 16.8 Å². The molecule has 110 valence electrons. The van der Waals surface area contributed by atoms with Crippen molar-refractivity contribution in [2.45, 2.75) is 6.92 Å². The average Bonchev–Trinajstić information content (AvgIpc) is 3.03. The molecule has 1 aliphatic heterocycles. The number of hydrogen-bond donors (Lipinski definition) is 1. The molecule has 0 spiro atoms. The van der Waals surface area contributed by atoms with Crippen molar-refractivity contribution in [2.24, 2.45) is 11.8 Å². The summed E-state index contributed by atoms with van der Waals surface area (Å²) in [6.07, 6.45) is 0. The first-order chi connectivity index (χ1) is 9.99. The molecule has 1 aromatic heterocycles. The van der Waals surface area contributed by atoms with Crippen molar-refractivity contribution in [2.75, 3.05) is 18.0 Å². The molecule has 9 nitrogen and oxygen atoms in total. The normalized spacial score (nSPS) is 21.9. The molecule has 1 N–H and O–H groups in total. The number of benzene rings is 1. The Labute approximate surface area is 118 Å². The van der Waals surface area contributed by atoms with Crippen LogP contribution in [0.25, 0.3) is 11.0 Å². The fourth-order valence-electron chi connectivity index (χ4n) is 2.73. The van der Waals surface area contributed by atoms with Crippen LogP contribution in [0.5, 0.6) is 0 Å². The van der Waals surface area contributed by atoms with Crippen molar-refractivity contribution < 1.29 is 19.5 Å². The maximum atomic E-state index is 11.2. The van der Waals surface area contributed by atoms with E-state index >= 15 is 0 Å². The van der Waals surface area contributed by atoms with Crippen LogP contribution in [-0.4, -0.2) is 39.4 Å². The van der Waals surface area contributed by atoms with Gasteiger partial charge in [0.15, 0.2) is 5.52 Å². The highest BCUT2D eigenvalue weighted by molar-refractivity contribution is 5.94. The SMILES string of the molecule is CC1CN(c2ccc([N+](=O)[O-])c3nonc23)CC1C(=O)O. The van der Waals surface area contributed by atoms with Crippen molar-refractivity contribution in [1.29, 1.82) is 0 Å². The Morgan fingerprint density at radius 2 is 2.14 bits per heavy atom. The van der Waals surface area contributed by atoms with Crippen LogP contribution in [0.2, 0.25) is 0 Å². The van der Waals surface area contributed by atoms with Gasteiger partial charge in [0, 0.05) is 19.2 Å². The Morgan fingerprint density at radius 1 is 1.43 bits per heavy atom. The zero-order chi connectivity index (χ0) is 15.1. The number of rotatable bonds is 3. The highest BCUT2D eigenvalue weighted by atomic mass is 16.6. The van der Waals surface area contributed by atoms with E-state index in [0.29, 0.717) is 18.8 Å². The molecule has 1 aromatic carbocycles. The Bertz CT molecular complexity index is 728. The van der Waals surface area contributed by atoms with Crippen molar-refractivity contribution in [3.05, 3.63) is 22.2 Å². The lowest BCUT2D eigenvalue weighted by Gasteiger charge is -2.17. The number of carbonyl (C=O) groups is 1. The molecule has 2 aromatic rings. The smallest absolute Gasteiger partial charge is 0.308 e. The van der Waals surface area contributed by atoms with Gasteiger partial charge in [-0.05, 0) is 22.3 Å². The second kappa shape index (κ2) is 4.69. The summed E-state index contributed by atoms with van der Waals surface area (Å²) < 4.78 is 4.61. The molecule has 2 heterocycles. The maximum Gasteiger partial charge on any atom is 0.308 e. The topological polar surface area (TPSA) is 123 Å². The number of nitro benzene ring substituents is 1. The Kier molecular flexibility index (Phi) is 2.96. The lowest BCUT2D eigenvalue weighted by atomic mass is 9.99. The van der Waals surface area contributed by atoms with Crippen LogP contribution in [0.1, 0.15) is 6.92 Å². The minimum absolute atomic E-state index is 0.0207. The first kappa shape index (κ1) is 13.3. The monoisotopic (exact) mass is 292 g/mol. The quantitative estimate of drug-likeness (QED) is 0.663. The van der Waals surface area contributed by atoms with E-state index in [0.717, 1.165) is 0 Å². The van der Waals surface area contributed by atoms with Crippen molar-refractivity contribution in [1.82, 2.24) is 10.3 Å². The maximum absolute atomic E-state index is 11.2. The number of aromatic nitrogens is 2. The van der Waals surface area contributed by atoms with Gasteiger partial charge in [-0.2, -0.15) is 0 Å². The van der Waals surface area contributed by atoms with Crippen LogP contribution >= 0.6 is 0 Å². The standard InChI is InChI=1S/C12H12N4O5/c1-6-4-15(5-7(6)12(17)18)8-2-3-9(16(19)20)11-10(8)13-21-14-11/h2-3,6-7H,4-5H2,1H3,(H,17,18). The summed E-state index contributed by atoms with van der Waals surface area (Å²) in [4.78, 5) is 23.4. The van der Waals surface area contributed by atoms with E-state index < -0.39 is 16.8 Å². The van der Waals surface area contributed by atoms with Crippen molar-refractivity contribution in [3.63, 3.8) is 0 Å². The molecule has 0 amide bonds. The Morgan fingerprint density at radius 3 is 2.76 bits per heavy atom. The number of aliphatic carboxylic acids is 1. The summed E-state index contributed by atoms with van der Waals surface area (Å²) in [5, 5.41) is 27.4. The minimum Gasteiger partial charge on any atom is -0.481 e. The van der Waals surface area contributed by atoms with E-state index in [9.17, 15) is 20.0 Å². The Balaban J connectivity index is 2.03. The summed E-state index contributed by atoms with van der Waals surface area (Å²) in [6.45, 7) is 2.73. The molecule has 0 radical (unpaired) electrons. The highest BCUT2D eigenvalue weighted by Gasteiger charge is 2.36. The third-order valence-electron chi connectivity index (χ3n) is 3.84. The molecule has 1 aliphatic rings. The van der Waals surface area contributed by atoms with Crippen molar-refractivity contribution >= 4 is 28.4 Å². The van der Waals surface area contributed by atoms with Crippen LogP contribution in [0.3, 0.4) is 0 Å². The van der Waals surface area contributed by atoms with Gasteiger partial charge in [-0.25, -0.2) is 4.63 Å². The van der Waals surface area contributed by atoms with Crippen LogP contribution in [0.4, 0.5) is 11.4 Å². The molecule has 0 saturated carbocycles. The largest absolute Gasteiger partial charge is 0.481 e. The average molecular weight is 292 g/mol. The second-order valence-electron chi connectivity index (χ2n) is 5.15. The molecule has 0 bridgehead atoms. The van der Waals surface area contributed by atoms with Gasteiger partial charge < -0.3 is 10.0 Å². The van der Waals surface area contributed by atoms with Crippen LogP contribution < -0.4 is 4.90 Å². The molecule has 2 unspecified atom stereocenters. The van der Waals surface area contributed by atoms with Gasteiger partial charge in [-0.3, -0.25) is 14.9 Å². The summed E-state index contributed by atoms with van der Waals surface area (Å²) in [7, 11) is 0. The van der Waals surface area contributed by atoms with Gasteiger partial charge in [0.2, 0.25) is 5.52 Å². The number of carboxylic acids is 1. The van der Waals surface area contributed by atoms with E-state index in [1.165, 1.54) is 6.07 Å². The third kappa shape index (κ3) is 2.06. The van der Waals surface area contributed by atoms with Gasteiger partial charge in [0.25, 0.3) is 0 Å². The van der Waals surface area contributed by atoms with E-state index in [-0.39, 0.29) is 22.6 Å². The molecule has 1 saturated heterocycles. The molecular weight excluding hydrogens is 280 g/mol. The van der Waals surface area contributed by atoms with E-state index in [1.54, 1.807) is 6.07 Å². The number of fused-ring (bicyclic) bond motifs is 1. The van der Waals surface area contributed by atoms with Gasteiger partial charge in [-0.15, -0.1) is 0 Å². The first-order valence-electron chi connectivity index (χ1n) is 6.36. The lowest BCUT2D eigenvalue weighted by Crippen LogP contribution is -2.23. The number of nitrogens with zero attached hydrogens (tertiary/aromatic N) is 4. The molecule has 21 heavy (non-hydrogen) atoms. The summed E-state index contributed by atoms with van der Waals surface area (Å²) >= 11 is 0. The second-order valence-corrected chi connectivity index (χ2v) is 5.15. The third-order valence-corrected chi connectivity index (χ3v) is 3.84. The first-order valence-corrected chi connectivity index (χ1v) is 6.36. The fourth-order valence-corrected chi connectivity index (χ4v) is 2.73.